The number of ether oxygens (including phenoxy) is 2. The van der Waals surface area contributed by atoms with Crippen molar-refractivity contribution < 1.29 is 41.9 Å². The lowest BCUT2D eigenvalue weighted by Gasteiger charge is -2.40. The molecule has 5 rings (SSSR count). The SMILES string of the molecule is C[C@]1(C(O)C(=O)Nc2ccc3c(N)noc3c2)OCCN(c2cccc(-c3ccc(OC(F)(F)F)cc3)n2)C1=O. The summed E-state index contributed by atoms with van der Waals surface area (Å²) in [5.41, 5.74) is 5.20. The van der Waals surface area contributed by atoms with Crippen LogP contribution < -0.4 is 20.7 Å². The Morgan fingerprint density at radius 1 is 1.20 bits per heavy atom. The number of nitrogens with two attached hydrogens (primary N) is 1. The number of nitrogens with one attached hydrogen (secondary N) is 1. The topological polar surface area (TPSA) is 153 Å². The van der Waals surface area contributed by atoms with E-state index in [0.717, 1.165) is 12.1 Å². The second kappa shape index (κ2) is 10.1. The summed E-state index contributed by atoms with van der Waals surface area (Å²) in [7, 11) is 0. The van der Waals surface area contributed by atoms with Gasteiger partial charge in [0.25, 0.3) is 11.8 Å². The van der Waals surface area contributed by atoms with Crippen LogP contribution in [0.1, 0.15) is 6.92 Å². The lowest BCUT2D eigenvalue weighted by atomic mass is 9.94. The first-order valence-corrected chi connectivity index (χ1v) is 11.9. The summed E-state index contributed by atoms with van der Waals surface area (Å²) in [6.45, 7) is 1.38. The summed E-state index contributed by atoms with van der Waals surface area (Å²) in [5.74, 6) is -1.60. The number of pyridine rings is 1. The van der Waals surface area contributed by atoms with Crippen molar-refractivity contribution in [2.24, 2.45) is 0 Å². The Balaban J connectivity index is 1.33. The minimum absolute atomic E-state index is 0.00866. The van der Waals surface area contributed by atoms with E-state index in [1.54, 1.807) is 24.3 Å². The number of nitrogen functional groups attached to an aromatic ring is 1. The number of aromatic nitrogens is 2. The van der Waals surface area contributed by atoms with Gasteiger partial charge in [-0.25, -0.2) is 4.98 Å². The van der Waals surface area contributed by atoms with Crippen LogP contribution in [0.25, 0.3) is 22.2 Å². The number of nitrogens with zero attached hydrogens (tertiary/aromatic N) is 3. The molecule has 4 N–H and O–H groups in total. The molecule has 14 heteroatoms. The highest BCUT2D eigenvalue weighted by Crippen LogP contribution is 2.31. The zero-order valence-corrected chi connectivity index (χ0v) is 20.8. The van der Waals surface area contributed by atoms with Gasteiger partial charge in [-0.05, 0) is 55.5 Å². The number of carbonyl (C=O) groups excluding carboxylic acids is 2. The molecule has 208 valence electrons. The lowest BCUT2D eigenvalue weighted by Crippen LogP contribution is -2.63. The maximum Gasteiger partial charge on any atom is 0.573 e. The Bertz CT molecular complexity index is 1580. The van der Waals surface area contributed by atoms with Crippen molar-refractivity contribution in [1.29, 1.82) is 0 Å². The number of aliphatic hydroxyl groups is 1. The first-order valence-electron chi connectivity index (χ1n) is 11.9. The van der Waals surface area contributed by atoms with E-state index in [1.165, 1.54) is 36.1 Å². The van der Waals surface area contributed by atoms with Crippen molar-refractivity contribution in [2.45, 2.75) is 25.0 Å². The van der Waals surface area contributed by atoms with E-state index < -0.39 is 29.9 Å². The quantitative estimate of drug-likeness (QED) is 0.323. The van der Waals surface area contributed by atoms with Crippen LogP contribution in [0.2, 0.25) is 0 Å². The summed E-state index contributed by atoms with van der Waals surface area (Å²) in [6.07, 6.45) is -6.72. The number of anilines is 3. The Morgan fingerprint density at radius 3 is 2.67 bits per heavy atom. The maximum absolute atomic E-state index is 13.5. The minimum atomic E-state index is -4.82. The maximum atomic E-state index is 13.5. The van der Waals surface area contributed by atoms with Gasteiger partial charge < -0.3 is 30.2 Å². The van der Waals surface area contributed by atoms with Gasteiger partial charge in [-0.15, -0.1) is 13.2 Å². The van der Waals surface area contributed by atoms with Gasteiger partial charge in [-0.1, -0.05) is 11.2 Å². The van der Waals surface area contributed by atoms with E-state index in [0.29, 0.717) is 22.2 Å². The van der Waals surface area contributed by atoms with E-state index >= 15 is 0 Å². The minimum Gasteiger partial charge on any atom is -0.406 e. The standard InChI is InChI=1S/C26H22F3N5O6/c1-25(21(35)23(36)31-15-7-10-17-19(13-15)40-33-22(17)30)24(37)34(11-12-38-25)20-4-2-3-18(32-20)14-5-8-16(9-6-14)39-26(27,28)29/h2-10,13,21,35H,11-12H2,1H3,(H2,30,33)(H,31,36)/t21?,25-/m1/s1. The molecule has 2 aromatic heterocycles. The van der Waals surface area contributed by atoms with E-state index in [4.69, 9.17) is 15.0 Å². The van der Waals surface area contributed by atoms with Crippen LogP contribution in [0.4, 0.5) is 30.5 Å². The number of benzene rings is 2. The van der Waals surface area contributed by atoms with Gasteiger partial charge >= 0.3 is 6.36 Å². The Morgan fingerprint density at radius 2 is 1.95 bits per heavy atom. The van der Waals surface area contributed by atoms with Crippen LogP contribution in [0.15, 0.2) is 65.2 Å². The number of aliphatic hydroxyl groups excluding tert-OH is 1. The van der Waals surface area contributed by atoms with Gasteiger partial charge in [0.2, 0.25) is 0 Å². The summed E-state index contributed by atoms with van der Waals surface area (Å²) >= 11 is 0. The molecule has 0 spiro atoms. The van der Waals surface area contributed by atoms with Crippen LogP contribution in [-0.4, -0.2) is 58.3 Å². The van der Waals surface area contributed by atoms with Crippen LogP contribution >= 0.6 is 0 Å². The van der Waals surface area contributed by atoms with E-state index in [1.807, 2.05) is 0 Å². The van der Waals surface area contributed by atoms with E-state index in [9.17, 15) is 27.9 Å². The number of morpholine rings is 1. The Labute approximate surface area is 224 Å². The monoisotopic (exact) mass is 557 g/mol. The molecule has 0 saturated carbocycles. The zero-order chi connectivity index (χ0) is 28.7. The fraction of sp³-hybridized carbons (Fsp3) is 0.231. The average molecular weight is 557 g/mol. The van der Waals surface area contributed by atoms with Crippen molar-refractivity contribution in [3.8, 4) is 17.0 Å². The number of hydrogen-bond acceptors (Lipinski definition) is 9. The van der Waals surface area contributed by atoms with Gasteiger partial charge in [0.15, 0.2) is 23.1 Å². The van der Waals surface area contributed by atoms with Crippen molar-refractivity contribution in [3.63, 3.8) is 0 Å². The fourth-order valence-electron chi connectivity index (χ4n) is 4.25. The van der Waals surface area contributed by atoms with Crippen molar-refractivity contribution >= 4 is 40.1 Å². The molecule has 0 radical (unpaired) electrons. The third kappa shape index (κ3) is 5.26. The highest BCUT2D eigenvalue weighted by atomic mass is 19.4. The van der Waals surface area contributed by atoms with Crippen molar-refractivity contribution in [1.82, 2.24) is 10.1 Å². The number of fused-ring (bicyclic) bond motifs is 1. The third-order valence-electron chi connectivity index (χ3n) is 6.32. The number of hydrogen-bond donors (Lipinski definition) is 3. The third-order valence-corrected chi connectivity index (χ3v) is 6.32. The molecule has 1 unspecified atom stereocenters. The van der Waals surface area contributed by atoms with Crippen molar-refractivity contribution in [2.75, 3.05) is 29.1 Å². The molecular formula is C26H22F3N5O6. The highest BCUT2D eigenvalue weighted by molar-refractivity contribution is 6.06. The molecule has 4 aromatic rings. The predicted octanol–water partition coefficient (Wildman–Crippen LogP) is 3.49. The summed E-state index contributed by atoms with van der Waals surface area (Å²) in [4.78, 5) is 32.2. The Kier molecular flexibility index (Phi) is 6.81. The molecule has 40 heavy (non-hydrogen) atoms. The van der Waals surface area contributed by atoms with E-state index in [2.05, 4.69) is 20.2 Å². The summed E-state index contributed by atoms with van der Waals surface area (Å²) in [6, 6.07) is 14.5. The van der Waals surface area contributed by atoms with Gasteiger partial charge in [-0.2, -0.15) is 0 Å². The van der Waals surface area contributed by atoms with Crippen LogP contribution in [-0.2, 0) is 14.3 Å². The summed E-state index contributed by atoms with van der Waals surface area (Å²) in [5, 5.41) is 17.6. The van der Waals surface area contributed by atoms with Gasteiger partial charge in [-0.3, -0.25) is 14.5 Å². The molecule has 11 nitrogen and oxygen atoms in total. The number of alkyl halides is 3. The van der Waals surface area contributed by atoms with Crippen LogP contribution in [0, 0.1) is 0 Å². The van der Waals surface area contributed by atoms with Gasteiger partial charge in [0.05, 0.1) is 24.2 Å². The number of halogens is 3. The second-order valence-electron chi connectivity index (χ2n) is 9.04. The van der Waals surface area contributed by atoms with Crippen LogP contribution in [0.3, 0.4) is 0 Å². The molecule has 1 saturated heterocycles. The van der Waals surface area contributed by atoms with Gasteiger partial charge in [0, 0.05) is 17.3 Å². The lowest BCUT2D eigenvalue weighted by molar-refractivity contribution is -0.274. The molecule has 2 aromatic carbocycles. The van der Waals surface area contributed by atoms with Gasteiger partial charge in [0.1, 0.15) is 11.6 Å². The molecule has 1 aliphatic heterocycles. The Hall–Kier alpha value is -4.69. The number of amides is 2. The normalized spacial score (nSPS) is 18.5. The van der Waals surface area contributed by atoms with E-state index in [-0.39, 0.29) is 36.2 Å². The number of rotatable bonds is 6. The predicted molar refractivity (Wildman–Crippen MR) is 136 cm³/mol. The average Bonchev–Trinajstić information content (AvgIpc) is 3.29. The largest absolute Gasteiger partial charge is 0.573 e. The molecule has 0 bridgehead atoms. The molecular weight excluding hydrogens is 535 g/mol. The number of carbonyl (C=O) groups is 2. The molecule has 1 aliphatic rings. The highest BCUT2D eigenvalue weighted by Gasteiger charge is 2.50. The smallest absolute Gasteiger partial charge is 0.406 e. The molecule has 0 aliphatic carbocycles. The first-order chi connectivity index (χ1) is 18.9. The molecule has 2 amide bonds. The molecule has 2 atom stereocenters. The molecule has 1 fully saturated rings. The second-order valence-corrected chi connectivity index (χ2v) is 9.04. The summed E-state index contributed by atoms with van der Waals surface area (Å²) < 4.78 is 52.0. The van der Waals surface area contributed by atoms with Crippen LogP contribution in [0.5, 0.6) is 5.75 Å². The fourth-order valence-corrected chi connectivity index (χ4v) is 4.25. The first kappa shape index (κ1) is 26.9. The zero-order valence-electron chi connectivity index (χ0n) is 20.8. The van der Waals surface area contributed by atoms with Crippen molar-refractivity contribution in [3.05, 3.63) is 60.7 Å². The molecule has 3 heterocycles.